The van der Waals surface area contributed by atoms with Gasteiger partial charge in [0.25, 0.3) is 0 Å². The molecule has 3 rings (SSSR count). The highest BCUT2D eigenvalue weighted by atomic mass is 32.2. The standard InChI is InChI=1S/C29H34NO4S/c1-22(2)30(19-28(31)33-4)20-29(32)34-21-23(3)24-15-17-27(18-16-24)35(25-11-7-5-8-12-25)26-13-9-6-10-14-26/h5-18,22-23H,19-21H2,1-4H3/q+1. The first-order valence-electron chi connectivity index (χ1n) is 11.8. The summed E-state index contributed by atoms with van der Waals surface area (Å²) in [7, 11) is 1.15. The van der Waals surface area contributed by atoms with Crippen LogP contribution in [0, 0.1) is 0 Å². The van der Waals surface area contributed by atoms with E-state index in [4.69, 9.17) is 9.47 Å². The Hall–Kier alpha value is -3.09. The highest BCUT2D eigenvalue weighted by Crippen LogP contribution is 2.31. The van der Waals surface area contributed by atoms with Crippen LogP contribution in [0.1, 0.15) is 32.3 Å². The summed E-state index contributed by atoms with van der Waals surface area (Å²) in [5, 5.41) is 0. The molecule has 0 aromatic heterocycles. The van der Waals surface area contributed by atoms with Crippen LogP contribution in [0.3, 0.4) is 0 Å². The van der Waals surface area contributed by atoms with Gasteiger partial charge in [-0.25, -0.2) is 0 Å². The first-order chi connectivity index (χ1) is 16.9. The minimum atomic E-state index is -0.370. The summed E-state index contributed by atoms with van der Waals surface area (Å²) in [4.78, 5) is 29.5. The van der Waals surface area contributed by atoms with E-state index < -0.39 is 0 Å². The van der Waals surface area contributed by atoms with Crippen molar-refractivity contribution in [3.63, 3.8) is 0 Å². The summed E-state index contributed by atoms with van der Waals surface area (Å²) in [5.74, 6) is -0.665. The highest BCUT2D eigenvalue weighted by Gasteiger charge is 2.28. The molecule has 35 heavy (non-hydrogen) atoms. The minimum absolute atomic E-state index is 0.0228. The predicted octanol–water partition coefficient (Wildman–Crippen LogP) is 5.31. The van der Waals surface area contributed by atoms with E-state index in [1.165, 1.54) is 21.8 Å². The van der Waals surface area contributed by atoms with Gasteiger partial charge in [-0.15, -0.1) is 0 Å². The number of methoxy groups -OCH3 is 1. The van der Waals surface area contributed by atoms with Gasteiger partial charge in [0.1, 0.15) is 0 Å². The van der Waals surface area contributed by atoms with E-state index in [2.05, 4.69) is 72.8 Å². The number of hydrogen-bond donors (Lipinski definition) is 0. The summed E-state index contributed by atoms with van der Waals surface area (Å²) < 4.78 is 10.3. The highest BCUT2D eigenvalue weighted by molar-refractivity contribution is 7.97. The van der Waals surface area contributed by atoms with Crippen molar-refractivity contribution in [2.75, 3.05) is 26.8 Å². The maximum Gasteiger partial charge on any atom is 0.320 e. The molecule has 0 saturated carbocycles. The summed E-state index contributed by atoms with van der Waals surface area (Å²) in [6, 6.07) is 29.7. The average molecular weight is 493 g/mol. The second kappa shape index (κ2) is 13.1. The van der Waals surface area contributed by atoms with Crippen LogP contribution < -0.4 is 0 Å². The lowest BCUT2D eigenvalue weighted by Crippen LogP contribution is -2.40. The molecule has 1 atom stereocenters. The van der Waals surface area contributed by atoms with E-state index in [1.807, 2.05) is 32.9 Å². The number of carbonyl (C=O) groups excluding carboxylic acids is 2. The molecule has 184 valence electrons. The van der Waals surface area contributed by atoms with Gasteiger partial charge >= 0.3 is 11.9 Å². The molecule has 0 spiro atoms. The second-order valence-electron chi connectivity index (χ2n) is 8.66. The van der Waals surface area contributed by atoms with Gasteiger partial charge in [0, 0.05) is 12.0 Å². The molecular formula is C29H34NO4S+. The zero-order valence-corrected chi connectivity index (χ0v) is 21.7. The van der Waals surface area contributed by atoms with Gasteiger partial charge in [0.15, 0.2) is 14.7 Å². The molecule has 6 heteroatoms. The van der Waals surface area contributed by atoms with Crippen molar-refractivity contribution in [2.24, 2.45) is 0 Å². The first-order valence-corrected chi connectivity index (χ1v) is 13.0. The van der Waals surface area contributed by atoms with Gasteiger partial charge in [-0.05, 0) is 55.8 Å². The van der Waals surface area contributed by atoms with E-state index in [9.17, 15) is 9.59 Å². The molecule has 0 bridgehead atoms. The van der Waals surface area contributed by atoms with E-state index in [0.29, 0.717) is 0 Å². The van der Waals surface area contributed by atoms with Crippen molar-refractivity contribution < 1.29 is 19.1 Å². The van der Waals surface area contributed by atoms with Crippen LogP contribution >= 0.6 is 0 Å². The summed E-state index contributed by atoms with van der Waals surface area (Å²) in [6.45, 7) is 6.30. The fraction of sp³-hybridized carbons (Fsp3) is 0.310. The normalized spacial score (nSPS) is 12.1. The van der Waals surface area contributed by atoms with Crippen molar-refractivity contribution in [1.29, 1.82) is 0 Å². The zero-order valence-electron chi connectivity index (χ0n) is 20.8. The Morgan fingerprint density at radius 1 is 0.743 bits per heavy atom. The zero-order chi connectivity index (χ0) is 25.2. The summed E-state index contributed by atoms with van der Waals surface area (Å²) in [6.07, 6.45) is 0. The molecule has 1 unspecified atom stereocenters. The summed E-state index contributed by atoms with van der Waals surface area (Å²) >= 11 is 0. The van der Waals surface area contributed by atoms with Crippen LogP contribution in [0.4, 0.5) is 0 Å². The molecule has 0 N–H and O–H groups in total. The third kappa shape index (κ3) is 7.70. The lowest BCUT2D eigenvalue weighted by molar-refractivity contribution is -0.148. The molecule has 0 fully saturated rings. The van der Waals surface area contributed by atoms with Crippen LogP contribution in [-0.2, 0) is 30.0 Å². The SMILES string of the molecule is COC(=O)CN(CC(=O)OCC(C)c1ccc([S+](c2ccccc2)c2ccccc2)cc1)C(C)C. The molecule has 0 amide bonds. The van der Waals surface area contributed by atoms with Gasteiger partial charge in [0.05, 0.1) is 37.7 Å². The predicted molar refractivity (Wildman–Crippen MR) is 140 cm³/mol. The monoisotopic (exact) mass is 492 g/mol. The molecule has 0 radical (unpaired) electrons. The third-order valence-corrected chi connectivity index (χ3v) is 7.99. The first kappa shape index (κ1) is 26.5. The smallest absolute Gasteiger partial charge is 0.320 e. The number of esters is 2. The Morgan fingerprint density at radius 3 is 1.71 bits per heavy atom. The van der Waals surface area contributed by atoms with Gasteiger partial charge in [0.2, 0.25) is 0 Å². The van der Waals surface area contributed by atoms with Crippen LogP contribution in [0.5, 0.6) is 0 Å². The van der Waals surface area contributed by atoms with Crippen molar-refractivity contribution >= 4 is 22.8 Å². The van der Waals surface area contributed by atoms with E-state index >= 15 is 0 Å². The fourth-order valence-corrected chi connectivity index (χ4v) is 5.71. The largest absolute Gasteiger partial charge is 0.468 e. The number of rotatable bonds is 11. The van der Waals surface area contributed by atoms with Crippen LogP contribution in [0.15, 0.2) is 99.6 Å². The van der Waals surface area contributed by atoms with Gasteiger partial charge in [-0.1, -0.05) is 55.5 Å². The average Bonchev–Trinajstić information content (AvgIpc) is 2.88. The molecule has 0 saturated heterocycles. The topological polar surface area (TPSA) is 55.8 Å². The maximum atomic E-state index is 12.4. The van der Waals surface area contributed by atoms with Crippen LogP contribution in [0.2, 0.25) is 0 Å². The number of nitrogens with zero attached hydrogens (tertiary/aromatic N) is 1. The number of ether oxygens (including phenoxy) is 2. The maximum absolute atomic E-state index is 12.4. The molecule has 3 aromatic carbocycles. The summed E-state index contributed by atoms with van der Waals surface area (Å²) in [5.41, 5.74) is 1.11. The van der Waals surface area contributed by atoms with Crippen LogP contribution in [-0.4, -0.2) is 49.7 Å². The third-order valence-electron chi connectivity index (χ3n) is 5.76. The number of hydrogen-bond acceptors (Lipinski definition) is 5. The van der Waals surface area contributed by atoms with E-state index in [1.54, 1.807) is 4.90 Å². The number of benzene rings is 3. The quantitative estimate of drug-likeness (QED) is 0.268. The molecule has 3 aromatic rings. The molecule has 0 aliphatic heterocycles. The van der Waals surface area contributed by atoms with Crippen molar-refractivity contribution in [1.82, 2.24) is 4.90 Å². The Balaban J connectivity index is 1.65. The lowest BCUT2D eigenvalue weighted by Gasteiger charge is -2.24. The van der Waals surface area contributed by atoms with Gasteiger partial charge in [-0.2, -0.15) is 0 Å². The van der Waals surface area contributed by atoms with Gasteiger partial charge in [-0.3, -0.25) is 14.5 Å². The Bertz CT molecular complexity index is 1030. The Morgan fingerprint density at radius 2 is 1.23 bits per heavy atom. The van der Waals surface area contributed by atoms with Crippen molar-refractivity contribution in [2.45, 2.75) is 47.4 Å². The Labute approximate surface area is 211 Å². The molecule has 5 nitrogen and oxygen atoms in total. The lowest BCUT2D eigenvalue weighted by atomic mass is 10.0. The Kier molecular flexibility index (Phi) is 9.94. The van der Waals surface area contributed by atoms with Crippen LogP contribution in [0.25, 0.3) is 0 Å². The molecule has 0 aliphatic rings. The van der Waals surface area contributed by atoms with E-state index in [0.717, 1.165) is 5.56 Å². The van der Waals surface area contributed by atoms with Crippen molar-refractivity contribution in [3.05, 3.63) is 90.5 Å². The molecular weight excluding hydrogens is 458 g/mol. The van der Waals surface area contributed by atoms with Crippen molar-refractivity contribution in [3.8, 4) is 0 Å². The van der Waals surface area contributed by atoms with Gasteiger partial charge < -0.3 is 9.47 Å². The molecule has 0 heterocycles. The molecule has 0 aliphatic carbocycles. The second-order valence-corrected chi connectivity index (χ2v) is 10.7. The fourth-order valence-electron chi connectivity index (χ4n) is 3.63. The minimum Gasteiger partial charge on any atom is -0.468 e. The number of carbonyl (C=O) groups is 2. The van der Waals surface area contributed by atoms with E-state index in [-0.39, 0.29) is 54.5 Å².